The molecule has 1 heterocycles. The summed E-state index contributed by atoms with van der Waals surface area (Å²) in [6.45, 7) is 3.08. The van der Waals surface area contributed by atoms with Crippen molar-refractivity contribution in [3.05, 3.63) is 0 Å². The topological polar surface area (TPSA) is 9.23 Å². The maximum atomic E-state index is 5.33. The molecule has 0 aliphatic carbocycles. The van der Waals surface area contributed by atoms with Crippen LogP contribution in [0.5, 0.6) is 0 Å². The van der Waals surface area contributed by atoms with Gasteiger partial charge in [-0.25, -0.2) is 0 Å². The summed E-state index contributed by atoms with van der Waals surface area (Å²) in [6.07, 6.45) is 1.73. The van der Waals surface area contributed by atoms with Crippen molar-refractivity contribution in [2.75, 3.05) is 11.9 Å². The Balaban J connectivity index is 2.22. The van der Waals surface area contributed by atoms with Crippen molar-refractivity contribution >= 4 is 15.9 Å². The van der Waals surface area contributed by atoms with Gasteiger partial charge in [-0.15, -0.1) is 0 Å². The van der Waals surface area contributed by atoms with Gasteiger partial charge in [-0.2, -0.15) is 0 Å². The Morgan fingerprint density at radius 3 is 2.75 bits per heavy atom. The van der Waals surface area contributed by atoms with Crippen LogP contribution < -0.4 is 0 Å². The lowest BCUT2D eigenvalue weighted by Gasteiger charge is -1.97. The first-order valence-electron chi connectivity index (χ1n) is 3.00. The molecule has 2 heteroatoms. The average Bonchev–Trinajstić information content (AvgIpc) is 2.14. The van der Waals surface area contributed by atoms with Crippen LogP contribution in [0.1, 0.15) is 13.3 Å². The molecular formula is C6H11BrO. The third kappa shape index (κ3) is 1.46. The fourth-order valence-electron chi connectivity index (χ4n) is 1.01. The summed E-state index contributed by atoms with van der Waals surface area (Å²) in [6, 6.07) is 0. The van der Waals surface area contributed by atoms with Crippen LogP contribution in [0.25, 0.3) is 0 Å². The average molecular weight is 179 g/mol. The molecule has 0 aromatic heterocycles. The molecule has 1 aliphatic heterocycles. The summed E-state index contributed by atoms with van der Waals surface area (Å²) in [4.78, 5) is 0. The van der Waals surface area contributed by atoms with Crippen LogP contribution in [0.2, 0.25) is 0 Å². The van der Waals surface area contributed by atoms with Crippen molar-refractivity contribution < 1.29 is 4.74 Å². The van der Waals surface area contributed by atoms with Crippen LogP contribution in [0.15, 0.2) is 0 Å². The standard InChI is InChI=1S/C6H11BrO/c1-5-2-6(3-7)4-8-5/h5-6H,2-4H2,1H3. The lowest BCUT2D eigenvalue weighted by Crippen LogP contribution is -1.99. The van der Waals surface area contributed by atoms with Gasteiger partial charge in [0.25, 0.3) is 0 Å². The highest BCUT2D eigenvalue weighted by molar-refractivity contribution is 9.09. The molecule has 0 aromatic rings. The molecule has 0 aromatic carbocycles. The van der Waals surface area contributed by atoms with Crippen molar-refractivity contribution in [1.29, 1.82) is 0 Å². The predicted octanol–water partition coefficient (Wildman–Crippen LogP) is 1.81. The van der Waals surface area contributed by atoms with Crippen molar-refractivity contribution in [2.45, 2.75) is 19.4 Å². The zero-order valence-electron chi connectivity index (χ0n) is 5.06. The van der Waals surface area contributed by atoms with Gasteiger partial charge >= 0.3 is 0 Å². The predicted molar refractivity (Wildman–Crippen MR) is 37.3 cm³/mol. The summed E-state index contributed by atoms with van der Waals surface area (Å²) in [5.41, 5.74) is 0. The molecule has 0 saturated carbocycles. The molecule has 0 spiro atoms. The normalized spacial score (nSPS) is 38.2. The van der Waals surface area contributed by atoms with Gasteiger partial charge in [0.15, 0.2) is 0 Å². The first-order chi connectivity index (χ1) is 3.83. The highest BCUT2D eigenvalue weighted by Crippen LogP contribution is 2.20. The highest BCUT2D eigenvalue weighted by Gasteiger charge is 2.19. The van der Waals surface area contributed by atoms with E-state index in [-0.39, 0.29) is 0 Å². The molecule has 0 radical (unpaired) electrons. The Morgan fingerprint density at radius 1 is 1.75 bits per heavy atom. The smallest absolute Gasteiger partial charge is 0.0550 e. The number of halogens is 1. The van der Waals surface area contributed by atoms with E-state index in [2.05, 4.69) is 22.9 Å². The molecule has 1 aliphatic rings. The highest BCUT2D eigenvalue weighted by atomic mass is 79.9. The minimum atomic E-state index is 0.498. The van der Waals surface area contributed by atoms with E-state index in [1.54, 1.807) is 0 Å². The van der Waals surface area contributed by atoms with Crippen molar-refractivity contribution in [2.24, 2.45) is 5.92 Å². The summed E-state index contributed by atoms with van der Waals surface area (Å²) in [5.74, 6) is 0.769. The second kappa shape index (κ2) is 2.83. The molecule has 1 nitrogen and oxygen atoms in total. The van der Waals surface area contributed by atoms with E-state index in [1.165, 1.54) is 6.42 Å². The third-order valence-electron chi connectivity index (χ3n) is 1.50. The van der Waals surface area contributed by atoms with Crippen LogP contribution >= 0.6 is 15.9 Å². The summed E-state index contributed by atoms with van der Waals surface area (Å²) in [7, 11) is 0. The van der Waals surface area contributed by atoms with Crippen molar-refractivity contribution in [3.8, 4) is 0 Å². The van der Waals surface area contributed by atoms with Gasteiger partial charge in [0.2, 0.25) is 0 Å². The number of ether oxygens (including phenoxy) is 1. The van der Waals surface area contributed by atoms with Crippen LogP contribution in [-0.4, -0.2) is 18.0 Å². The first-order valence-corrected chi connectivity index (χ1v) is 4.12. The van der Waals surface area contributed by atoms with Crippen LogP contribution in [0.4, 0.5) is 0 Å². The van der Waals surface area contributed by atoms with Crippen molar-refractivity contribution in [1.82, 2.24) is 0 Å². The zero-order chi connectivity index (χ0) is 5.98. The molecular weight excluding hydrogens is 168 g/mol. The summed E-state index contributed by atoms with van der Waals surface area (Å²) >= 11 is 3.42. The SMILES string of the molecule is CC1CC(CBr)CO1. The minimum Gasteiger partial charge on any atom is -0.378 e. The number of hydrogen-bond acceptors (Lipinski definition) is 1. The molecule has 1 fully saturated rings. The van der Waals surface area contributed by atoms with E-state index < -0.39 is 0 Å². The minimum absolute atomic E-state index is 0.498. The van der Waals surface area contributed by atoms with E-state index >= 15 is 0 Å². The van der Waals surface area contributed by atoms with Gasteiger partial charge in [0, 0.05) is 5.33 Å². The van der Waals surface area contributed by atoms with Crippen LogP contribution in [0, 0.1) is 5.92 Å². The third-order valence-corrected chi connectivity index (χ3v) is 2.42. The van der Waals surface area contributed by atoms with Crippen LogP contribution in [-0.2, 0) is 4.74 Å². The molecule has 8 heavy (non-hydrogen) atoms. The lowest BCUT2D eigenvalue weighted by atomic mass is 10.1. The molecule has 1 saturated heterocycles. The Bertz CT molecular complexity index is 74.9. The monoisotopic (exact) mass is 178 g/mol. The second-order valence-corrected chi connectivity index (χ2v) is 3.05. The Morgan fingerprint density at radius 2 is 2.50 bits per heavy atom. The fraction of sp³-hybridized carbons (Fsp3) is 1.00. The van der Waals surface area contributed by atoms with Gasteiger partial charge in [0.1, 0.15) is 0 Å². The van der Waals surface area contributed by atoms with Crippen molar-refractivity contribution in [3.63, 3.8) is 0 Å². The van der Waals surface area contributed by atoms with E-state index in [0.717, 1.165) is 17.9 Å². The Hall–Kier alpha value is 0.440. The second-order valence-electron chi connectivity index (χ2n) is 2.40. The zero-order valence-corrected chi connectivity index (χ0v) is 6.65. The number of hydrogen-bond donors (Lipinski definition) is 0. The van der Waals surface area contributed by atoms with E-state index in [0.29, 0.717) is 6.10 Å². The maximum absolute atomic E-state index is 5.33. The Kier molecular flexibility index (Phi) is 2.32. The van der Waals surface area contributed by atoms with Crippen LogP contribution in [0.3, 0.4) is 0 Å². The summed E-state index contributed by atoms with van der Waals surface area (Å²) in [5, 5.41) is 1.09. The quantitative estimate of drug-likeness (QED) is 0.557. The van der Waals surface area contributed by atoms with Gasteiger partial charge in [-0.1, -0.05) is 15.9 Å². The Labute approximate surface area is 58.5 Å². The lowest BCUT2D eigenvalue weighted by molar-refractivity contribution is 0.121. The number of alkyl halides is 1. The fourth-order valence-corrected chi connectivity index (χ4v) is 1.46. The van der Waals surface area contributed by atoms with Gasteiger partial charge in [0.05, 0.1) is 12.7 Å². The summed E-state index contributed by atoms with van der Waals surface area (Å²) < 4.78 is 5.33. The molecule has 48 valence electrons. The van der Waals surface area contributed by atoms with E-state index in [1.807, 2.05) is 0 Å². The van der Waals surface area contributed by atoms with Gasteiger partial charge in [-0.05, 0) is 19.3 Å². The molecule has 2 unspecified atom stereocenters. The first kappa shape index (κ1) is 6.56. The molecule has 2 atom stereocenters. The molecule has 0 bridgehead atoms. The van der Waals surface area contributed by atoms with Gasteiger partial charge in [-0.3, -0.25) is 0 Å². The van der Waals surface area contributed by atoms with E-state index in [9.17, 15) is 0 Å². The molecule has 0 amide bonds. The molecule has 1 rings (SSSR count). The largest absolute Gasteiger partial charge is 0.378 e. The van der Waals surface area contributed by atoms with Gasteiger partial charge < -0.3 is 4.74 Å². The maximum Gasteiger partial charge on any atom is 0.0550 e. The molecule has 0 N–H and O–H groups in total. The number of rotatable bonds is 1. The van der Waals surface area contributed by atoms with E-state index in [4.69, 9.17) is 4.74 Å².